The van der Waals surface area contributed by atoms with Crippen LogP contribution in [0.1, 0.15) is 4.88 Å². The number of aromatic nitrogens is 1. The summed E-state index contributed by atoms with van der Waals surface area (Å²) < 4.78 is 29.9. The molecule has 0 aliphatic rings. The Morgan fingerprint density at radius 2 is 1.79 bits per heavy atom. The Morgan fingerprint density at radius 3 is 2.39 bits per heavy atom. The van der Waals surface area contributed by atoms with Crippen LogP contribution in [0.25, 0.3) is 11.3 Å². The Balaban J connectivity index is 1.73. The van der Waals surface area contributed by atoms with Gasteiger partial charge in [-0.2, -0.15) is 0 Å². The van der Waals surface area contributed by atoms with Crippen molar-refractivity contribution < 1.29 is 17.9 Å². The van der Waals surface area contributed by atoms with Crippen molar-refractivity contribution in [2.75, 3.05) is 18.2 Å². The summed E-state index contributed by atoms with van der Waals surface area (Å²) in [5.74, 6) is -0.590. The fraction of sp³-hybridized carbons (Fsp3) is 0.158. The standard InChI is InChI=1S/C19H17ClN2O4S2/c1-12-18(13-3-7-15(26-2)8-4-13)22-19(27-12)21-17(23)11-28(24,25)16-9-5-14(20)6-10-16/h3-10H,11H2,1-2H3,(H,21,22,23). The molecule has 3 aromatic rings. The van der Waals surface area contributed by atoms with Gasteiger partial charge in [0.05, 0.1) is 17.7 Å². The van der Waals surface area contributed by atoms with E-state index >= 15 is 0 Å². The Kier molecular flexibility index (Phi) is 6.02. The average Bonchev–Trinajstić information content (AvgIpc) is 3.01. The molecule has 0 aliphatic carbocycles. The topological polar surface area (TPSA) is 85.4 Å². The van der Waals surface area contributed by atoms with E-state index < -0.39 is 21.5 Å². The molecular weight excluding hydrogens is 420 g/mol. The van der Waals surface area contributed by atoms with E-state index in [-0.39, 0.29) is 4.90 Å². The van der Waals surface area contributed by atoms with Crippen molar-refractivity contribution in [1.29, 1.82) is 0 Å². The fourth-order valence-corrected chi connectivity index (χ4v) is 4.63. The van der Waals surface area contributed by atoms with Crippen LogP contribution in [0.5, 0.6) is 5.75 Å². The Bertz CT molecular complexity index is 1090. The monoisotopic (exact) mass is 436 g/mol. The molecule has 0 saturated heterocycles. The van der Waals surface area contributed by atoms with E-state index in [0.29, 0.717) is 10.2 Å². The second kappa shape index (κ2) is 8.30. The number of nitrogens with zero attached hydrogens (tertiary/aromatic N) is 1. The number of halogens is 1. The number of ether oxygens (including phenoxy) is 1. The van der Waals surface area contributed by atoms with Gasteiger partial charge >= 0.3 is 0 Å². The van der Waals surface area contributed by atoms with Gasteiger partial charge in [0.1, 0.15) is 11.5 Å². The summed E-state index contributed by atoms with van der Waals surface area (Å²) in [4.78, 5) is 17.6. The summed E-state index contributed by atoms with van der Waals surface area (Å²) in [5, 5.41) is 3.34. The van der Waals surface area contributed by atoms with Gasteiger partial charge in [-0.25, -0.2) is 13.4 Å². The zero-order valence-electron chi connectivity index (χ0n) is 15.1. The number of aryl methyl sites for hydroxylation is 1. The third kappa shape index (κ3) is 4.70. The van der Waals surface area contributed by atoms with Crippen LogP contribution in [-0.2, 0) is 14.6 Å². The molecule has 3 rings (SSSR count). The van der Waals surface area contributed by atoms with E-state index in [0.717, 1.165) is 21.9 Å². The van der Waals surface area contributed by atoms with Crippen LogP contribution in [-0.4, -0.2) is 32.2 Å². The largest absolute Gasteiger partial charge is 0.497 e. The molecule has 0 atom stereocenters. The van der Waals surface area contributed by atoms with Gasteiger partial charge in [0.15, 0.2) is 15.0 Å². The molecule has 9 heteroatoms. The minimum absolute atomic E-state index is 0.0429. The highest BCUT2D eigenvalue weighted by Crippen LogP contribution is 2.31. The molecule has 0 fully saturated rings. The van der Waals surface area contributed by atoms with Crippen molar-refractivity contribution in [3.05, 3.63) is 58.4 Å². The van der Waals surface area contributed by atoms with Crippen molar-refractivity contribution in [2.45, 2.75) is 11.8 Å². The SMILES string of the molecule is COc1ccc(-c2nc(NC(=O)CS(=O)(=O)c3ccc(Cl)cc3)sc2C)cc1. The summed E-state index contributed by atoms with van der Waals surface area (Å²) in [7, 11) is -2.18. The second-order valence-corrected chi connectivity index (χ2v) is 9.54. The maximum absolute atomic E-state index is 12.4. The van der Waals surface area contributed by atoms with E-state index in [1.54, 1.807) is 7.11 Å². The second-order valence-electron chi connectivity index (χ2n) is 5.91. The van der Waals surface area contributed by atoms with Crippen molar-refractivity contribution in [3.8, 4) is 17.0 Å². The van der Waals surface area contributed by atoms with Crippen LogP contribution < -0.4 is 10.1 Å². The van der Waals surface area contributed by atoms with Crippen LogP contribution in [0.4, 0.5) is 5.13 Å². The van der Waals surface area contributed by atoms with Crippen molar-refractivity contribution >= 4 is 43.8 Å². The molecule has 0 saturated carbocycles. The number of methoxy groups -OCH3 is 1. The Labute approximate surface area is 172 Å². The first-order chi connectivity index (χ1) is 13.3. The quantitative estimate of drug-likeness (QED) is 0.626. The predicted octanol–water partition coefficient (Wildman–Crippen LogP) is 4.19. The van der Waals surface area contributed by atoms with Gasteiger partial charge < -0.3 is 10.1 Å². The van der Waals surface area contributed by atoms with Crippen LogP contribution in [0.15, 0.2) is 53.4 Å². The van der Waals surface area contributed by atoms with Crippen LogP contribution in [0.3, 0.4) is 0 Å². The van der Waals surface area contributed by atoms with Crippen LogP contribution >= 0.6 is 22.9 Å². The summed E-state index contributed by atoms with van der Waals surface area (Å²) in [6.07, 6.45) is 0. The molecule has 6 nitrogen and oxygen atoms in total. The van der Waals surface area contributed by atoms with Gasteiger partial charge in [0.25, 0.3) is 0 Å². The van der Waals surface area contributed by atoms with Gasteiger partial charge in [-0.05, 0) is 55.5 Å². The summed E-state index contributed by atoms with van der Waals surface area (Å²) in [6, 6.07) is 13.1. The first-order valence-corrected chi connectivity index (χ1v) is 11.0. The lowest BCUT2D eigenvalue weighted by atomic mass is 10.1. The first-order valence-electron chi connectivity index (χ1n) is 8.18. The van der Waals surface area contributed by atoms with Gasteiger partial charge in [-0.3, -0.25) is 4.79 Å². The highest BCUT2D eigenvalue weighted by atomic mass is 35.5. The minimum Gasteiger partial charge on any atom is -0.497 e. The summed E-state index contributed by atoms with van der Waals surface area (Å²) in [6.45, 7) is 1.89. The number of anilines is 1. The molecular formula is C19H17ClN2O4S2. The first kappa shape index (κ1) is 20.3. The lowest BCUT2D eigenvalue weighted by Crippen LogP contribution is -2.22. The third-order valence-electron chi connectivity index (χ3n) is 3.90. The Hall–Kier alpha value is -2.42. The predicted molar refractivity (Wildman–Crippen MR) is 111 cm³/mol. The molecule has 146 valence electrons. The number of carbonyl (C=O) groups is 1. The molecule has 28 heavy (non-hydrogen) atoms. The molecule has 0 aliphatic heterocycles. The van der Waals surface area contributed by atoms with Gasteiger partial charge in [-0.1, -0.05) is 11.6 Å². The number of sulfone groups is 1. The number of hydrogen-bond donors (Lipinski definition) is 1. The number of carbonyl (C=O) groups excluding carboxylic acids is 1. The summed E-state index contributed by atoms with van der Waals surface area (Å²) >= 11 is 7.06. The van der Waals surface area contributed by atoms with Crippen molar-refractivity contribution in [2.24, 2.45) is 0 Å². The van der Waals surface area contributed by atoms with Crippen LogP contribution in [0, 0.1) is 6.92 Å². The van der Waals surface area contributed by atoms with Gasteiger partial charge in [-0.15, -0.1) is 11.3 Å². The third-order valence-corrected chi connectivity index (χ3v) is 6.67. The molecule has 1 N–H and O–H groups in total. The fourth-order valence-electron chi connectivity index (χ4n) is 2.52. The smallest absolute Gasteiger partial charge is 0.241 e. The maximum Gasteiger partial charge on any atom is 0.241 e. The lowest BCUT2D eigenvalue weighted by Gasteiger charge is -2.04. The highest BCUT2D eigenvalue weighted by molar-refractivity contribution is 7.92. The van der Waals surface area contributed by atoms with E-state index in [4.69, 9.17) is 16.3 Å². The zero-order chi connectivity index (χ0) is 20.3. The molecule has 1 amide bonds. The summed E-state index contributed by atoms with van der Waals surface area (Å²) in [5.41, 5.74) is 1.60. The van der Waals surface area contributed by atoms with E-state index in [1.807, 2.05) is 31.2 Å². The van der Waals surface area contributed by atoms with Crippen LogP contribution in [0.2, 0.25) is 5.02 Å². The normalized spacial score (nSPS) is 11.2. The van der Waals surface area contributed by atoms with Crippen molar-refractivity contribution in [1.82, 2.24) is 4.98 Å². The van der Waals surface area contributed by atoms with E-state index in [9.17, 15) is 13.2 Å². The number of benzene rings is 2. The number of amides is 1. The number of nitrogens with one attached hydrogen (secondary N) is 1. The minimum atomic E-state index is -3.77. The molecule has 1 aromatic heterocycles. The van der Waals surface area contributed by atoms with Crippen molar-refractivity contribution in [3.63, 3.8) is 0 Å². The molecule has 0 radical (unpaired) electrons. The van der Waals surface area contributed by atoms with E-state index in [1.165, 1.54) is 35.6 Å². The average molecular weight is 437 g/mol. The van der Waals surface area contributed by atoms with Gasteiger partial charge in [0, 0.05) is 15.5 Å². The van der Waals surface area contributed by atoms with E-state index in [2.05, 4.69) is 10.3 Å². The number of thiazole rings is 1. The molecule has 1 heterocycles. The number of rotatable bonds is 6. The maximum atomic E-state index is 12.4. The zero-order valence-corrected chi connectivity index (χ0v) is 17.5. The molecule has 0 bridgehead atoms. The highest BCUT2D eigenvalue weighted by Gasteiger charge is 2.21. The molecule has 0 spiro atoms. The lowest BCUT2D eigenvalue weighted by molar-refractivity contribution is -0.113. The molecule has 0 unspecified atom stereocenters. The van der Waals surface area contributed by atoms with Gasteiger partial charge in [0.2, 0.25) is 5.91 Å². The Morgan fingerprint density at radius 1 is 1.14 bits per heavy atom. The number of hydrogen-bond acceptors (Lipinski definition) is 6. The molecule has 2 aromatic carbocycles.